The summed E-state index contributed by atoms with van der Waals surface area (Å²) in [7, 11) is 3.38. The quantitative estimate of drug-likeness (QED) is 0.497. The lowest BCUT2D eigenvalue weighted by Crippen LogP contribution is -3.11. The Morgan fingerprint density at radius 2 is 1.39 bits per heavy atom. The van der Waals surface area contributed by atoms with Crippen LogP contribution in [0.5, 0.6) is 17.2 Å². The maximum Gasteiger partial charge on any atom is 0.279 e. The van der Waals surface area contributed by atoms with E-state index in [0.29, 0.717) is 28.6 Å². The fraction of sp³-hybridized carbons (Fsp3) is 0.167. The van der Waals surface area contributed by atoms with Crippen molar-refractivity contribution >= 4 is 23.2 Å². The standard InChI is InChI=1S/C24H25N3O4/c1-27(16-23(28)25-18-12-14-19(30-2)15-13-18)17-24(29)26-21-10-6-7-11-22(21)31-20-8-4-3-5-9-20/h3-15H,16-17H2,1-2H3,(H,25,28)(H,26,29)/p+1. The van der Waals surface area contributed by atoms with Gasteiger partial charge >= 0.3 is 0 Å². The maximum atomic E-state index is 12.5. The Kier molecular flexibility index (Phi) is 7.61. The second-order valence-corrected chi connectivity index (χ2v) is 7.05. The molecule has 1 atom stereocenters. The number of methoxy groups -OCH3 is 1. The molecule has 160 valence electrons. The topological polar surface area (TPSA) is 81.1 Å². The lowest BCUT2D eigenvalue weighted by molar-refractivity contribution is -0.862. The molecule has 0 aliphatic heterocycles. The lowest BCUT2D eigenvalue weighted by atomic mass is 10.2. The highest BCUT2D eigenvalue weighted by atomic mass is 16.5. The van der Waals surface area contributed by atoms with Gasteiger partial charge in [-0.15, -0.1) is 0 Å². The third kappa shape index (κ3) is 6.87. The minimum absolute atomic E-state index is 0.135. The average Bonchev–Trinajstić information content (AvgIpc) is 2.76. The Hall–Kier alpha value is -3.84. The van der Waals surface area contributed by atoms with Crippen LogP contribution in [0.1, 0.15) is 0 Å². The summed E-state index contributed by atoms with van der Waals surface area (Å²) in [6.07, 6.45) is 0. The number of amides is 2. The number of quaternary nitrogens is 1. The summed E-state index contributed by atoms with van der Waals surface area (Å²) in [4.78, 5) is 25.5. The molecule has 3 rings (SSSR count). The average molecular weight is 420 g/mol. The monoisotopic (exact) mass is 420 g/mol. The number of hydrogen-bond acceptors (Lipinski definition) is 4. The number of ether oxygens (including phenoxy) is 2. The van der Waals surface area contributed by atoms with E-state index in [-0.39, 0.29) is 24.9 Å². The van der Waals surface area contributed by atoms with Gasteiger partial charge in [-0.25, -0.2) is 0 Å². The van der Waals surface area contributed by atoms with Crippen LogP contribution in [0.4, 0.5) is 11.4 Å². The van der Waals surface area contributed by atoms with E-state index >= 15 is 0 Å². The largest absolute Gasteiger partial charge is 0.497 e. The van der Waals surface area contributed by atoms with Crippen molar-refractivity contribution in [2.24, 2.45) is 0 Å². The highest BCUT2D eigenvalue weighted by Gasteiger charge is 2.16. The van der Waals surface area contributed by atoms with Gasteiger partial charge in [0.25, 0.3) is 11.8 Å². The molecular formula is C24H26N3O4+. The zero-order chi connectivity index (χ0) is 22.1. The van der Waals surface area contributed by atoms with Gasteiger partial charge in [-0.2, -0.15) is 0 Å². The Labute approximate surface area is 181 Å². The molecule has 0 saturated carbocycles. The van der Waals surface area contributed by atoms with Gasteiger partial charge in [0.1, 0.15) is 11.5 Å². The lowest BCUT2D eigenvalue weighted by Gasteiger charge is -2.15. The number of anilines is 2. The number of carbonyl (C=O) groups excluding carboxylic acids is 2. The van der Waals surface area contributed by atoms with Gasteiger partial charge in [-0.3, -0.25) is 9.59 Å². The number of likely N-dealkylation sites (N-methyl/N-ethyl adjacent to an activating group) is 1. The molecule has 2 amide bonds. The smallest absolute Gasteiger partial charge is 0.279 e. The van der Waals surface area contributed by atoms with Gasteiger partial charge in [0.05, 0.1) is 19.8 Å². The molecule has 0 saturated heterocycles. The number of nitrogens with one attached hydrogen (secondary N) is 3. The first kappa shape index (κ1) is 21.9. The van der Waals surface area contributed by atoms with Crippen LogP contribution in [0.3, 0.4) is 0 Å². The molecule has 0 radical (unpaired) electrons. The molecule has 0 spiro atoms. The minimum atomic E-state index is -0.209. The number of rotatable bonds is 9. The summed E-state index contributed by atoms with van der Waals surface area (Å²) in [5.74, 6) is 1.56. The van der Waals surface area contributed by atoms with Crippen molar-refractivity contribution in [2.45, 2.75) is 0 Å². The van der Waals surface area contributed by atoms with E-state index < -0.39 is 0 Å². The number of benzene rings is 3. The zero-order valence-electron chi connectivity index (χ0n) is 17.6. The van der Waals surface area contributed by atoms with Crippen LogP contribution < -0.4 is 25.0 Å². The third-order valence-corrected chi connectivity index (χ3v) is 4.43. The van der Waals surface area contributed by atoms with Gasteiger partial charge in [-0.05, 0) is 48.5 Å². The highest BCUT2D eigenvalue weighted by Crippen LogP contribution is 2.28. The summed E-state index contributed by atoms with van der Waals surface area (Å²) in [5, 5.41) is 5.68. The van der Waals surface area contributed by atoms with Crippen LogP contribution in [-0.4, -0.2) is 39.1 Å². The predicted octanol–water partition coefficient (Wildman–Crippen LogP) is 2.58. The highest BCUT2D eigenvalue weighted by molar-refractivity contribution is 5.94. The third-order valence-electron chi connectivity index (χ3n) is 4.43. The van der Waals surface area contributed by atoms with E-state index in [9.17, 15) is 9.59 Å². The minimum Gasteiger partial charge on any atom is -0.497 e. The Morgan fingerprint density at radius 3 is 2.06 bits per heavy atom. The number of hydrogen-bond donors (Lipinski definition) is 3. The predicted molar refractivity (Wildman–Crippen MR) is 120 cm³/mol. The Morgan fingerprint density at radius 1 is 0.774 bits per heavy atom. The second kappa shape index (κ2) is 10.8. The molecule has 7 nitrogen and oxygen atoms in total. The summed E-state index contributed by atoms with van der Waals surface area (Å²) in [6, 6.07) is 23.7. The molecule has 3 N–H and O–H groups in total. The van der Waals surface area contributed by atoms with E-state index in [2.05, 4.69) is 10.6 Å². The molecule has 3 aromatic rings. The first-order valence-corrected chi connectivity index (χ1v) is 9.90. The van der Waals surface area contributed by atoms with Crippen LogP contribution in [-0.2, 0) is 9.59 Å². The summed E-state index contributed by atoms with van der Waals surface area (Å²) >= 11 is 0. The van der Waals surface area contributed by atoms with Crippen molar-refractivity contribution in [1.82, 2.24) is 0 Å². The molecule has 0 aromatic heterocycles. The van der Waals surface area contributed by atoms with E-state index in [1.54, 1.807) is 50.6 Å². The molecule has 31 heavy (non-hydrogen) atoms. The fourth-order valence-electron chi connectivity index (χ4n) is 2.96. The molecule has 7 heteroatoms. The molecule has 0 heterocycles. The van der Waals surface area contributed by atoms with Crippen molar-refractivity contribution in [3.63, 3.8) is 0 Å². The van der Waals surface area contributed by atoms with Crippen LogP contribution >= 0.6 is 0 Å². The van der Waals surface area contributed by atoms with Crippen molar-refractivity contribution in [3.8, 4) is 17.2 Å². The maximum absolute atomic E-state index is 12.5. The zero-order valence-corrected chi connectivity index (χ0v) is 17.6. The fourth-order valence-corrected chi connectivity index (χ4v) is 2.96. The van der Waals surface area contributed by atoms with Gasteiger partial charge < -0.3 is 25.0 Å². The normalized spacial score (nSPS) is 11.3. The SMILES string of the molecule is COc1ccc(NC(=O)C[NH+](C)CC(=O)Nc2ccccc2Oc2ccccc2)cc1. The molecule has 0 aliphatic rings. The summed E-state index contributed by atoms with van der Waals surface area (Å²) < 4.78 is 11.0. The molecule has 0 bridgehead atoms. The number of para-hydroxylation sites is 3. The number of carbonyl (C=O) groups is 2. The van der Waals surface area contributed by atoms with Gasteiger partial charge in [0.2, 0.25) is 0 Å². The van der Waals surface area contributed by atoms with Gasteiger partial charge in [0.15, 0.2) is 18.8 Å². The first-order chi connectivity index (χ1) is 15.0. The van der Waals surface area contributed by atoms with Crippen molar-refractivity contribution < 1.29 is 24.0 Å². The van der Waals surface area contributed by atoms with Crippen molar-refractivity contribution in [2.75, 3.05) is 37.9 Å². The first-order valence-electron chi connectivity index (χ1n) is 9.90. The molecule has 0 aliphatic carbocycles. The van der Waals surface area contributed by atoms with E-state index in [1.165, 1.54) is 0 Å². The summed E-state index contributed by atoms with van der Waals surface area (Å²) in [5.41, 5.74) is 1.25. The van der Waals surface area contributed by atoms with E-state index in [0.717, 1.165) is 4.90 Å². The molecular weight excluding hydrogens is 394 g/mol. The van der Waals surface area contributed by atoms with Crippen LogP contribution in [0.15, 0.2) is 78.9 Å². The van der Waals surface area contributed by atoms with Gasteiger partial charge in [-0.1, -0.05) is 30.3 Å². The van der Waals surface area contributed by atoms with Crippen molar-refractivity contribution in [1.29, 1.82) is 0 Å². The Balaban J connectivity index is 1.51. The van der Waals surface area contributed by atoms with E-state index in [1.807, 2.05) is 42.5 Å². The van der Waals surface area contributed by atoms with Crippen molar-refractivity contribution in [3.05, 3.63) is 78.9 Å². The molecule has 0 fully saturated rings. The van der Waals surface area contributed by atoms with Crippen LogP contribution in [0, 0.1) is 0 Å². The van der Waals surface area contributed by atoms with E-state index in [4.69, 9.17) is 9.47 Å². The van der Waals surface area contributed by atoms with Crippen LogP contribution in [0.2, 0.25) is 0 Å². The van der Waals surface area contributed by atoms with Crippen LogP contribution in [0.25, 0.3) is 0 Å². The Bertz CT molecular complexity index is 1010. The van der Waals surface area contributed by atoms with Gasteiger partial charge in [0, 0.05) is 5.69 Å². The molecule has 3 aromatic carbocycles. The summed E-state index contributed by atoms with van der Waals surface area (Å²) in [6.45, 7) is 0.289. The second-order valence-electron chi connectivity index (χ2n) is 7.05. The molecule has 1 unspecified atom stereocenters.